The molecular formula is C19H38O2. The number of hydrogen-bond acceptors (Lipinski definition) is 2. The second kappa shape index (κ2) is 8.19. The molecule has 126 valence electrons. The van der Waals surface area contributed by atoms with Crippen LogP contribution in [0.3, 0.4) is 0 Å². The van der Waals surface area contributed by atoms with E-state index < -0.39 is 0 Å². The first-order valence-electron chi connectivity index (χ1n) is 8.85. The van der Waals surface area contributed by atoms with E-state index in [0.29, 0.717) is 6.61 Å². The Balaban J connectivity index is 5.52. The highest BCUT2D eigenvalue weighted by Crippen LogP contribution is 2.53. The van der Waals surface area contributed by atoms with Gasteiger partial charge in [0.05, 0.1) is 12.0 Å². The van der Waals surface area contributed by atoms with Crippen molar-refractivity contribution >= 4 is 5.97 Å². The van der Waals surface area contributed by atoms with Gasteiger partial charge >= 0.3 is 5.97 Å². The topological polar surface area (TPSA) is 26.3 Å². The zero-order valence-electron chi connectivity index (χ0n) is 15.8. The minimum Gasteiger partial charge on any atom is -0.465 e. The fourth-order valence-corrected chi connectivity index (χ4v) is 3.92. The molecule has 0 aliphatic rings. The van der Waals surface area contributed by atoms with E-state index in [2.05, 4.69) is 55.4 Å². The zero-order valence-corrected chi connectivity index (χ0v) is 15.8. The van der Waals surface area contributed by atoms with Crippen molar-refractivity contribution in [3.8, 4) is 0 Å². The fraction of sp³-hybridized carbons (Fsp3) is 0.947. The lowest BCUT2D eigenvalue weighted by Gasteiger charge is -2.48. The number of ether oxygens (including phenoxy) is 1. The monoisotopic (exact) mass is 298 g/mol. The van der Waals surface area contributed by atoms with Crippen LogP contribution in [0.5, 0.6) is 0 Å². The van der Waals surface area contributed by atoms with Crippen LogP contribution in [0.2, 0.25) is 0 Å². The van der Waals surface area contributed by atoms with Crippen molar-refractivity contribution in [2.75, 3.05) is 6.61 Å². The third-order valence-electron chi connectivity index (χ3n) is 5.33. The maximum Gasteiger partial charge on any atom is 0.312 e. The predicted octanol–water partition coefficient (Wildman–Crippen LogP) is 5.99. The van der Waals surface area contributed by atoms with Gasteiger partial charge in [0.25, 0.3) is 0 Å². The molecule has 2 nitrogen and oxygen atoms in total. The molecule has 2 heteroatoms. The summed E-state index contributed by atoms with van der Waals surface area (Å²) in [7, 11) is 0. The van der Waals surface area contributed by atoms with Crippen molar-refractivity contribution in [1.29, 1.82) is 0 Å². The summed E-state index contributed by atoms with van der Waals surface area (Å²) in [6.45, 7) is 17.8. The van der Waals surface area contributed by atoms with Crippen molar-refractivity contribution in [3.63, 3.8) is 0 Å². The number of carbonyl (C=O) groups is 1. The quantitative estimate of drug-likeness (QED) is 0.489. The highest BCUT2D eigenvalue weighted by atomic mass is 16.5. The highest BCUT2D eigenvalue weighted by molar-refractivity contribution is 5.78. The van der Waals surface area contributed by atoms with E-state index in [1.165, 1.54) is 0 Å². The molecule has 0 spiro atoms. The average Bonchev–Trinajstić information content (AvgIpc) is 2.44. The standard InChI is InChI=1S/C19H38O2/c1-9-14-18(10-2,11-3)19(12-4,13-5)16(20)21-15-17(6,7)8/h9-15H2,1-8H3. The molecule has 0 saturated heterocycles. The Bertz CT molecular complexity index is 304. The van der Waals surface area contributed by atoms with Gasteiger partial charge in [0.1, 0.15) is 0 Å². The first-order valence-corrected chi connectivity index (χ1v) is 8.85. The van der Waals surface area contributed by atoms with Gasteiger partial charge in [0.2, 0.25) is 0 Å². The Hall–Kier alpha value is -0.530. The van der Waals surface area contributed by atoms with Crippen LogP contribution in [0.1, 0.15) is 93.9 Å². The molecule has 0 atom stereocenters. The molecule has 0 radical (unpaired) electrons. The van der Waals surface area contributed by atoms with Gasteiger partial charge in [-0.2, -0.15) is 0 Å². The predicted molar refractivity (Wildman–Crippen MR) is 91.4 cm³/mol. The van der Waals surface area contributed by atoms with Gasteiger partial charge in [-0.3, -0.25) is 4.79 Å². The van der Waals surface area contributed by atoms with Crippen molar-refractivity contribution in [2.45, 2.75) is 93.9 Å². The van der Waals surface area contributed by atoms with Gasteiger partial charge in [0.15, 0.2) is 0 Å². The lowest BCUT2D eigenvalue weighted by atomic mass is 9.56. The van der Waals surface area contributed by atoms with E-state index >= 15 is 0 Å². The van der Waals surface area contributed by atoms with Crippen molar-refractivity contribution in [1.82, 2.24) is 0 Å². The first kappa shape index (κ1) is 20.5. The van der Waals surface area contributed by atoms with Gasteiger partial charge in [-0.15, -0.1) is 0 Å². The maximum absolute atomic E-state index is 13.0. The highest BCUT2D eigenvalue weighted by Gasteiger charge is 2.52. The Morgan fingerprint density at radius 3 is 1.62 bits per heavy atom. The summed E-state index contributed by atoms with van der Waals surface area (Å²) in [5, 5.41) is 0. The molecule has 0 aliphatic carbocycles. The van der Waals surface area contributed by atoms with E-state index in [0.717, 1.165) is 38.5 Å². The molecule has 0 aliphatic heterocycles. The van der Waals surface area contributed by atoms with E-state index in [1.807, 2.05) is 0 Å². The summed E-state index contributed by atoms with van der Waals surface area (Å²) in [6, 6.07) is 0. The van der Waals surface area contributed by atoms with Gasteiger partial charge < -0.3 is 4.74 Å². The van der Waals surface area contributed by atoms with Crippen LogP contribution in [0.25, 0.3) is 0 Å². The lowest BCUT2D eigenvalue weighted by molar-refractivity contribution is -0.171. The third-order valence-corrected chi connectivity index (χ3v) is 5.33. The van der Waals surface area contributed by atoms with Crippen LogP contribution >= 0.6 is 0 Å². The normalized spacial score (nSPS) is 13.3. The number of esters is 1. The minimum atomic E-state index is -0.336. The summed E-state index contributed by atoms with van der Waals surface area (Å²) in [6.07, 6.45) is 6.05. The van der Waals surface area contributed by atoms with Crippen LogP contribution in [0.4, 0.5) is 0 Å². The SMILES string of the molecule is CCCC(CC)(CC)C(CC)(CC)C(=O)OCC(C)(C)C. The molecule has 0 rings (SSSR count). The van der Waals surface area contributed by atoms with Gasteiger partial charge in [-0.25, -0.2) is 0 Å². The zero-order chi connectivity index (χ0) is 16.7. The van der Waals surface area contributed by atoms with E-state index in [-0.39, 0.29) is 22.2 Å². The summed E-state index contributed by atoms with van der Waals surface area (Å²) >= 11 is 0. The van der Waals surface area contributed by atoms with Crippen LogP contribution in [0, 0.1) is 16.2 Å². The molecule has 0 amide bonds. The molecular weight excluding hydrogens is 260 g/mol. The van der Waals surface area contributed by atoms with Crippen molar-refractivity contribution in [3.05, 3.63) is 0 Å². The molecule has 0 aromatic carbocycles. The minimum absolute atomic E-state index is 0.0225. The van der Waals surface area contributed by atoms with Gasteiger partial charge in [-0.05, 0) is 42.9 Å². The van der Waals surface area contributed by atoms with Gasteiger partial charge in [-0.1, -0.05) is 61.8 Å². The van der Waals surface area contributed by atoms with E-state index in [9.17, 15) is 4.79 Å². The summed E-state index contributed by atoms with van der Waals surface area (Å²) < 4.78 is 5.77. The van der Waals surface area contributed by atoms with E-state index in [4.69, 9.17) is 4.74 Å². The largest absolute Gasteiger partial charge is 0.465 e. The Morgan fingerprint density at radius 1 is 0.857 bits per heavy atom. The van der Waals surface area contributed by atoms with Crippen LogP contribution < -0.4 is 0 Å². The summed E-state index contributed by atoms with van der Waals surface area (Å²) in [5.41, 5.74) is -0.243. The average molecular weight is 299 g/mol. The van der Waals surface area contributed by atoms with Crippen molar-refractivity contribution in [2.24, 2.45) is 16.2 Å². The second-order valence-electron chi connectivity index (χ2n) is 7.66. The number of carbonyl (C=O) groups excluding carboxylic acids is 1. The van der Waals surface area contributed by atoms with Crippen LogP contribution in [0.15, 0.2) is 0 Å². The molecule has 0 aromatic rings. The first-order chi connectivity index (χ1) is 9.68. The van der Waals surface area contributed by atoms with E-state index in [1.54, 1.807) is 0 Å². The maximum atomic E-state index is 13.0. The number of rotatable bonds is 9. The van der Waals surface area contributed by atoms with Crippen LogP contribution in [-0.2, 0) is 9.53 Å². The molecule has 0 saturated carbocycles. The fourth-order valence-electron chi connectivity index (χ4n) is 3.92. The van der Waals surface area contributed by atoms with Crippen LogP contribution in [-0.4, -0.2) is 12.6 Å². The Morgan fingerprint density at radius 2 is 1.33 bits per heavy atom. The summed E-state index contributed by atoms with van der Waals surface area (Å²) in [5.74, 6) is 0.0274. The summed E-state index contributed by atoms with van der Waals surface area (Å²) in [4.78, 5) is 13.0. The molecule has 0 heterocycles. The lowest BCUT2D eigenvalue weighted by Crippen LogP contribution is -2.48. The molecule has 0 aromatic heterocycles. The molecule has 0 bridgehead atoms. The molecule has 0 unspecified atom stereocenters. The second-order valence-corrected chi connectivity index (χ2v) is 7.66. The molecule has 21 heavy (non-hydrogen) atoms. The smallest absolute Gasteiger partial charge is 0.312 e. The molecule has 0 fully saturated rings. The Labute approximate surface area is 133 Å². The third kappa shape index (κ3) is 4.47. The molecule has 0 N–H and O–H groups in total. The van der Waals surface area contributed by atoms with Crippen molar-refractivity contribution < 1.29 is 9.53 Å². The Kier molecular flexibility index (Phi) is 7.99. The number of hydrogen-bond donors (Lipinski definition) is 0. The van der Waals surface area contributed by atoms with Gasteiger partial charge in [0, 0.05) is 0 Å².